The molecule has 1 aliphatic heterocycles. The maximum Gasteiger partial charge on any atom is 0.431 e. The summed E-state index contributed by atoms with van der Waals surface area (Å²) in [7, 11) is 4.08. The number of hydroxylamine groups is 2. The number of carbonyl (C=O) groups excluding carboxylic acids is 1. The first kappa shape index (κ1) is 20.8. The Kier molecular flexibility index (Phi) is 6.34. The van der Waals surface area contributed by atoms with Crippen LogP contribution >= 0.6 is 11.5 Å². The SMILES string of the molecule is CN(C)C(c1cccc(F)c1)C1CCC(NC(=O)ON2C=c3cnsc3=CC2)CC1. The molecule has 30 heavy (non-hydrogen) atoms. The van der Waals surface area contributed by atoms with Crippen LogP contribution < -0.4 is 15.1 Å². The second-order valence-corrected chi connectivity index (χ2v) is 9.01. The monoisotopic (exact) mass is 430 g/mol. The first-order valence-electron chi connectivity index (χ1n) is 10.3. The van der Waals surface area contributed by atoms with Crippen molar-refractivity contribution in [1.82, 2.24) is 19.7 Å². The predicted molar refractivity (Wildman–Crippen MR) is 115 cm³/mol. The van der Waals surface area contributed by atoms with Crippen molar-refractivity contribution < 1.29 is 14.0 Å². The van der Waals surface area contributed by atoms with E-state index in [1.165, 1.54) is 22.7 Å². The molecule has 4 rings (SSSR count). The molecule has 0 spiro atoms. The van der Waals surface area contributed by atoms with Gasteiger partial charge in [-0.1, -0.05) is 12.1 Å². The lowest BCUT2D eigenvalue weighted by Crippen LogP contribution is -2.43. The molecule has 1 aromatic heterocycles. The zero-order valence-corrected chi connectivity index (χ0v) is 18.1. The minimum atomic E-state index is -0.427. The van der Waals surface area contributed by atoms with Crippen LogP contribution in [0.5, 0.6) is 0 Å². The van der Waals surface area contributed by atoms with Gasteiger partial charge in [0.25, 0.3) is 0 Å². The van der Waals surface area contributed by atoms with Gasteiger partial charge in [0.05, 0.1) is 17.3 Å². The van der Waals surface area contributed by atoms with E-state index in [1.54, 1.807) is 24.5 Å². The van der Waals surface area contributed by atoms with Crippen molar-refractivity contribution in [1.29, 1.82) is 0 Å². The molecule has 1 amide bonds. The molecule has 1 atom stereocenters. The van der Waals surface area contributed by atoms with Crippen molar-refractivity contribution >= 4 is 29.9 Å². The van der Waals surface area contributed by atoms with Crippen LogP contribution in [0.4, 0.5) is 9.18 Å². The Bertz CT molecular complexity index is 1000. The Balaban J connectivity index is 1.30. The van der Waals surface area contributed by atoms with Crippen LogP contribution in [0.2, 0.25) is 0 Å². The number of benzene rings is 1. The van der Waals surface area contributed by atoms with E-state index in [2.05, 4.69) is 14.6 Å². The van der Waals surface area contributed by atoms with Crippen LogP contribution in [0, 0.1) is 11.7 Å². The highest BCUT2D eigenvalue weighted by atomic mass is 32.1. The third kappa shape index (κ3) is 4.82. The Morgan fingerprint density at radius 2 is 2.13 bits per heavy atom. The smallest absolute Gasteiger partial charge is 0.322 e. The quantitative estimate of drug-likeness (QED) is 0.790. The van der Waals surface area contributed by atoms with Crippen LogP contribution in [0.3, 0.4) is 0 Å². The highest BCUT2D eigenvalue weighted by Gasteiger charge is 2.31. The molecule has 0 bridgehead atoms. The Hall–Kier alpha value is -2.45. The summed E-state index contributed by atoms with van der Waals surface area (Å²) in [4.78, 5) is 19.9. The maximum atomic E-state index is 13.7. The second-order valence-electron chi connectivity index (χ2n) is 8.18. The lowest BCUT2D eigenvalue weighted by molar-refractivity contribution is -0.0320. The summed E-state index contributed by atoms with van der Waals surface area (Å²) < 4.78 is 19.0. The fourth-order valence-electron chi connectivity index (χ4n) is 4.51. The topological polar surface area (TPSA) is 57.7 Å². The highest BCUT2D eigenvalue weighted by molar-refractivity contribution is 7.03. The standard InChI is InChI=1S/C22H27FN4O2S/c1-26(2)21(16-4-3-5-18(23)12-16)15-6-8-19(9-7-15)25-22(28)29-27-11-10-20-17(14-27)13-24-30-20/h3-5,10,12-15,19,21H,6-9,11H2,1-2H3,(H,25,28). The van der Waals surface area contributed by atoms with Crippen LogP contribution in [-0.2, 0) is 4.84 Å². The molecule has 1 aromatic carbocycles. The molecule has 2 aliphatic rings. The molecule has 1 saturated carbocycles. The second kappa shape index (κ2) is 9.14. The molecule has 0 radical (unpaired) electrons. The Morgan fingerprint density at radius 1 is 1.33 bits per heavy atom. The van der Waals surface area contributed by atoms with Crippen molar-refractivity contribution in [2.45, 2.75) is 37.8 Å². The van der Waals surface area contributed by atoms with E-state index < -0.39 is 6.09 Å². The van der Waals surface area contributed by atoms with Crippen molar-refractivity contribution in [2.24, 2.45) is 5.92 Å². The number of hydrogen-bond acceptors (Lipinski definition) is 6. The fourth-order valence-corrected chi connectivity index (χ4v) is 5.15. The van der Waals surface area contributed by atoms with Crippen LogP contribution in [0.25, 0.3) is 12.3 Å². The summed E-state index contributed by atoms with van der Waals surface area (Å²) in [6, 6.07) is 7.14. The third-order valence-corrected chi connectivity index (χ3v) is 6.66. The molecule has 1 fully saturated rings. The first-order chi connectivity index (χ1) is 14.5. The Morgan fingerprint density at radius 3 is 2.87 bits per heavy atom. The molecular formula is C22H27FN4O2S. The van der Waals surface area contributed by atoms with Gasteiger partial charge in [0.15, 0.2) is 0 Å². The van der Waals surface area contributed by atoms with E-state index in [0.717, 1.165) is 41.0 Å². The van der Waals surface area contributed by atoms with Gasteiger partial charge in [0.1, 0.15) is 5.82 Å². The normalized spacial score (nSPS) is 21.9. The molecule has 2 heterocycles. The van der Waals surface area contributed by atoms with Gasteiger partial charge in [-0.15, -0.1) is 0 Å². The van der Waals surface area contributed by atoms with Crippen molar-refractivity contribution in [3.8, 4) is 0 Å². The van der Waals surface area contributed by atoms with E-state index in [9.17, 15) is 9.18 Å². The van der Waals surface area contributed by atoms with E-state index in [4.69, 9.17) is 4.84 Å². The molecular weight excluding hydrogens is 403 g/mol. The largest absolute Gasteiger partial charge is 0.431 e. The van der Waals surface area contributed by atoms with E-state index in [-0.39, 0.29) is 17.9 Å². The number of rotatable bonds is 5. The molecule has 8 heteroatoms. The number of carbonyl (C=O) groups is 1. The van der Waals surface area contributed by atoms with Gasteiger partial charge in [-0.25, -0.2) is 14.2 Å². The molecule has 1 aliphatic carbocycles. The van der Waals surface area contributed by atoms with Gasteiger partial charge in [0.2, 0.25) is 0 Å². The number of halogens is 1. The van der Waals surface area contributed by atoms with Gasteiger partial charge in [0, 0.05) is 23.5 Å². The summed E-state index contributed by atoms with van der Waals surface area (Å²) >= 11 is 1.43. The van der Waals surface area contributed by atoms with E-state index in [1.807, 2.05) is 26.2 Å². The van der Waals surface area contributed by atoms with Gasteiger partial charge in [-0.2, -0.15) is 4.37 Å². The summed E-state index contributed by atoms with van der Waals surface area (Å²) in [6.07, 6.45) is 8.85. The van der Waals surface area contributed by atoms with Gasteiger partial charge >= 0.3 is 6.09 Å². The maximum absolute atomic E-state index is 13.7. The lowest BCUT2D eigenvalue weighted by Gasteiger charge is -2.37. The number of nitrogens with one attached hydrogen (secondary N) is 1. The number of amides is 1. The summed E-state index contributed by atoms with van der Waals surface area (Å²) in [5.41, 5.74) is 1.01. The molecule has 2 aromatic rings. The zero-order valence-electron chi connectivity index (χ0n) is 17.3. The lowest BCUT2D eigenvalue weighted by atomic mass is 9.78. The van der Waals surface area contributed by atoms with Gasteiger partial charge < -0.3 is 15.1 Å². The van der Waals surface area contributed by atoms with Crippen LogP contribution in [-0.4, -0.2) is 47.1 Å². The zero-order chi connectivity index (χ0) is 21.1. The molecule has 1 unspecified atom stereocenters. The van der Waals surface area contributed by atoms with Crippen molar-refractivity contribution in [3.63, 3.8) is 0 Å². The fraction of sp³-hybridized carbons (Fsp3) is 0.455. The predicted octanol–water partition coefficient (Wildman–Crippen LogP) is 2.62. The van der Waals surface area contributed by atoms with Crippen molar-refractivity contribution in [2.75, 3.05) is 20.6 Å². The van der Waals surface area contributed by atoms with E-state index >= 15 is 0 Å². The summed E-state index contributed by atoms with van der Waals surface area (Å²) in [5.74, 6) is 0.222. The number of aromatic nitrogens is 1. The van der Waals surface area contributed by atoms with Gasteiger partial charge in [-0.3, -0.25) is 0 Å². The summed E-state index contributed by atoms with van der Waals surface area (Å²) in [6.45, 7) is 0.521. The molecule has 1 N–H and O–H groups in total. The number of nitrogens with zero attached hydrogens (tertiary/aromatic N) is 3. The number of fused-ring (bicyclic) bond motifs is 1. The highest BCUT2D eigenvalue weighted by Crippen LogP contribution is 2.37. The average molecular weight is 431 g/mol. The van der Waals surface area contributed by atoms with Crippen LogP contribution in [0.1, 0.15) is 37.3 Å². The molecule has 160 valence electrons. The van der Waals surface area contributed by atoms with E-state index in [0.29, 0.717) is 12.5 Å². The van der Waals surface area contributed by atoms with Gasteiger partial charge in [-0.05, 0) is 81.0 Å². The average Bonchev–Trinajstić information content (AvgIpc) is 3.17. The summed E-state index contributed by atoms with van der Waals surface area (Å²) in [5, 5.41) is 5.49. The minimum absolute atomic E-state index is 0.0937. The Labute approximate surface area is 179 Å². The molecule has 6 nitrogen and oxygen atoms in total. The van der Waals surface area contributed by atoms with Crippen LogP contribution in [0.15, 0.2) is 30.5 Å². The number of hydrogen-bond donors (Lipinski definition) is 1. The molecule has 0 saturated heterocycles. The van der Waals surface area contributed by atoms with Crippen molar-refractivity contribution in [3.05, 3.63) is 51.6 Å². The first-order valence-corrected chi connectivity index (χ1v) is 11.1. The third-order valence-electron chi connectivity index (χ3n) is 5.85. The minimum Gasteiger partial charge on any atom is -0.322 e.